The molecule has 112 valence electrons. The van der Waals surface area contributed by atoms with Crippen LogP contribution in [-0.2, 0) is 0 Å². The van der Waals surface area contributed by atoms with Crippen LogP contribution in [0.2, 0.25) is 0 Å². The fourth-order valence-electron chi connectivity index (χ4n) is 2.17. The van der Waals surface area contributed by atoms with Crippen LogP contribution in [0.25, 0.3) is 6.08 Å². The van der Waals surface area contributed by atoms with Gasteiger partial charge in [0.2, 0.25) is 0 Å². The van der Waals surface area contributed by atoms with Gasteiger partial charge in [-0.3, -0.25) is 4.79 Å². The van der Waals surface area contributed by atoms with E-state index in [0.717, 1.165) is 12.0 Å². The maximum absolute atomic E-state index is 12.2. The van der Waals surface area contributed by atoms with Crippen molar-refractivity contribution in [3.63, 3.8) is 0 Å². The normalized spacial score (nSPS) is 13.8. The van der Waals surface area contributed by atoms with Crippen LogP contribution in [0.3, 0.4) is 0 Å². The minimum absolute atomic E-state index is 0.108. The summed E-state index contributed by atoms with van der Waals surface area (Å²) >= 11 is 0. The molecule has 0 aromatic heterocycles. The molecule has 0 bridgehead atoms. The van der Waals surface area contributed by atoms with E-state index in [1.54, 1.807) is 48.5 Å². The fraction of sp³-hybridized carbons (Fsp3) is 0.167. The molecule has 4 nitrogen and oxygen atoms in total. The Labute approximate surface area is 128 Å². The second kappa shape index (κ2) is 6.35. The van der Waals surface area contributed by atoms with E-state index in [9.17, 15) is 9.90 Å². The maximum Gasteiger partial charge on any atom is 0.185 e. The van der Waals surface area contributed by atoms with E-state index in [-0.39, 0.29) is 11.5 Å². The summed E-state index contributed by atoms with van der Waals surface area (Å²) in [5.41, 5.74) is 1.40. The van der Waals surface area contributed by atoms with Crippen molar-refractivity contribution in [3.8, 4) is 17.2 Å². The van der Waals surface area contributed by atoms with Crippen LogP contribution >= 0.6 is 0 Å². The van der Waals surface area contributed by atoms with Crippen LogP contribution in [0.1, 0.15) is 22.3 Å². The highest BCUT2D eigenvalue weighted by molar-refractivity contribution is 6.07. The van der Waals surface area contributed by atoms with Crippen LogP contribution in [0.4, 0.5) is 0 Å². The zero-order chi connectivity index (χ0) is 15.4. The highest BCUT2D eigenvalue weighted by Crippen LogP contribution is 2.30. The molecule has 22 heavy (non-hydrogen) atoms. The van der Waals surface area contributed by atoms with Crippen molar-refractivity contribution in [2.24, 2.45) is 0 Å². The predicted octanol–water partition coefficient (Wildman–Crippen LogP) is 3.45. The van der Waals surface area contributed by atoms with E-state index in [1.807, 2.05) is 0 Å². The van der Waals surface area contributed by atoms with Gasteiger partial charge in [0.1, 0.15) is 5.75 Å². The van der Waals surface area contributed by atoms with Gasteiger partial charge in [-0.1, -0.05) is 18.2 Å². The first-order chi connectivity index (χ1) is 10.7. The molecule has 3 rings (SSSR count). The molecule has 1 heterocycles. The second-order valence-electron chi connectivity index (χ2n) is 5.00. The molecule has 0 unspecified atom stereocenters. The SMILES string of the molecule is O=C(/C=C/c1ccc(O)cc1)c1ccc2c(c1)OCCCO2. The van der Waals surface area contributed by atoms with E-state index in [1.165, 1.54) is 6.08 Å². The fourth-order valence-corrected chi connectivity index (χ4v) is 2.17. The lowest BCUT2D eigenvalue weighted by Gasteiger charge is -2.07. The molecule has 1 N–H and O–H groups in total. The largest absolute Gasteiger partial charge is 0.508 e. The summed E-state index contributed by atoms with van der Waals surface area (Å²) in [5, 5.41) is 9.23. The van der Waals surface area contributed by atoms with Gasteiger partial charge in [-0.05, 0) is 42.0 Å². The lowest BCUT2D eigenvalue weighted by Crippen LogP contribution is -1.98. The van der Waals surface area contributed by atoms with Crippen molar-refractivity contribution >= 4 is 11.9 Å². The highest BCUT2D eigenvalue weighted by atomic mass is 16.5. The Balaban J connectivity index is 1.77. The Morgan fingerprint density at radius 1 is 1.00 bits per heavy atom. The molecule has 0 spiro atoms. The van der Waals surface area contributed by atoms with Gasteiger partial charge in [0.05, 0.1) is 13.2 Å². The van der Waals surface area contributed by atoms with E-state index in [4.69, 9.17) is 9.47 Å². The molecule has 0 aliphatic carbocycles. The first-order valence-corrected chi connectivity index (χ1v) is 7.13. The van der Waals surface area contributed by atoms with Gasteiger partial charge in [-0.25, -0.2) is 0 Å². The number of ketones is 1. The minimum Gasteiger partial charge on any atom is -0.508 e. The Bertz CT molecular complexity index is 702. The maximum atomic E-state index is 12.2. The third-order valence-corrected chi connectivity index (χ3v) is 3.35. The first kappa shape index (κ1) is 14.2. The number of hydrogen-bond acceptors (Lipinski definition) is 4. The molecule has 0 saturated carbocycles. The van der Waals surface area contributed by atoms with E-state index in [2.05, 4.69) is 0 Å². The van der Waals surface area contributed by atoms with Gasteiger partial charge < -0.3 is 14.6 Å². The van der Waals surface area contributed by atoms with Crippen LogP contribution in [0.15, 0.2) is 48.5 Å². The molecule has 2 aromatic carbocycles. The molecule has 4 heteroatoms. The molecule has 2 aromatic rings. The highest BCUT2D eigenvalue weighted by Gasteiger charge is 2.12. The molecule has 0 atom stereocenters. The molecule has 1 aliphatic rings. The number of hydrogen-bond donors (Lipinski definition) is 1. The van der Waals surface area contributed by atoms with E-state index >= 15 is 0 Å². The Kier molecular flexibility index (Phi) is 4.10. The minimum atomic E-state index is -0.108. The number of benzene rings is 2. The van der Waals surface area contributed by atoms with Crippen LogP contribution < -0.4 is 9.47 Å². The number of rotatable bonds is 3. The van der Waals surface area contributed by atoms with Crippen molar-refractivity contribution in [2.75, 3.05) is 13.2 Å². The van der Waals surface area contributed by atoms with Crippen molar-refractivity contribution in [2.45, 2.75) is 6.42 Å². The Morgan fingerprint density at radius 3 is 2.50 bits per heavy atom. The quantitative estimate of drug-likeness (QED) is 0.696. The Morgan fingerprint density at radius 2 is 1.73 bits per heavy atom. The summed E-state index contributed by atoms with van der Waals surface area (Å²) in [4.78, 5) is 12.2. The van der Waals surface area contributed by atoms with Crippen molar-refractivity contribution < 1.29 is 19.4 Å². The van der Waals surface area contributed by atoms with Crippen molar-refractivity contribution in [3.05, 3.63) is 59.7 Å². The van der Waals surface area contributed by atoms with E-state index in [0.29, 0.717) is 30.3 Å². The summed E-state index contributed by atoms with van der Waals surface area (Å²) < 4.78 is 11.1. The lowest BCUT2D eigenvalue weighted by atomic mass is 10.1. The van der Waals surface area contributed by atoms with Gasteiger partial charge in [0, 0.05) is 12.0 Å². The molecular formula is C18H16O4. The van der Waals surface area contributed by atoms with Crippen molar-refractivity contribution in [1.82, 2.24) is 0 Å². The van der Waals surface area contributed by atoms with Gasteiger partial charge in [0.25, 0.3) is 0 Å². The number of phenols is 1. The summed E-state index contributed by atoms with van der Waals surface area (Å²) in [6.45, 7) is 1.22. The molecule has 0 amide bonds. The number of carbonyl (C=O) groups is 1. The number of phenolic OH excluding ortho intramolecular Hbond substituents is 1. The van der Waals surface area contributed by atoms with E-state index < -0.39 is 0 Å². The number of fused-ring (bicyclic) bond motifs is 1. The number of allylic oxidation sites excluding steroid dienone is 1. The smallest absolute Gasteiger partial charge is 0.185 e. The lowest BCUT2D eigenvalue weighted by molar-refractivity contribution is 0.104. The molecule has 0 saturated heterocycles. The summed E-state index contributed by atoms with van der Waals surface area (Å²) in [6, 6.07) is 11.9. The van der Waals surface area contributed by atoms with Crippen LogP contribution in [-0.4, -0.2) is 24.1 Å². The molecular weight excluding hydrogens is 280 g/mol. The standard InChI is InChI=1S/C18H16O4/c19-15-6-2-13(3-7-15)4-8-16(20)14-5-9-17-18(12-14)22-11-1-10-21-17/h2-9,12,19H,1,10-11H2/b8-4+. The average molecular weight is 296 g/mol. The molecule has 0 fully saturated rings. The zero-order valence-corrected chi connectivity index (χ0v) is 12.0. The molecule has 1 aliphatic heterocycles. The van der Waals surface area contributed by atoms with Crippen LogP contribution in [0.5, 0.6) is 17.2 Å². The Hall–Kier alpha value is -2.75. The second-order valence-corrected chi connectivity index (χ2v) is 5.00. The average Bonchev–Trinajstić information content (AvgIpc) is 2.78. The van der Waals surface area contributed by atoms with Gasteiger partial charge in [-0.2, -0.15) is 0 Å². The van der Waals surface area contributed by atoms with Gasteiger partial charge in [-0.15, -0.1) is 0 Å². The molecule has 0 radical (unpaired) electrons. The third-order valence-electron chi connectivity index (χ3n) is 3.35. The van der Waals surface area contributed by atoms with Crippen molar-refractivity contribution in [1.29, 1.82) is 0 Å². The predicted molar refractivity (Wildman–Crippen MR) is 83.5 cm³/mol. The van der Waals surface area contributed by atoms with Gasteiger partial charge in [0.15, 0.2) is 17.3 Å². The third kappa shape index (κ3) is 3.28. The topological polar surface area (TPSA) is 55.8 Å². The number of carbonyl (C=O) groups excluding carboxylic acids is 1. The summed E-state index contributed by atoms with van der Waals surface area (Å²) in [7, 11) is 0. The van der Waals surface area contributed by atoms with Gasteiger partial charge >= 0.3 is 0 Å². The number of aromatic hydroxyl groups is 1. The zero-order valence-electron chi connectivity index (χ0n) is 12.0. The summed E-state index contributed by atoms with van der Waals surface area (Å²) in [5.74, 6) is 1.38. The number of ether oxygens (including phenoxy) is 2. The monoisotopic (exact) mass is 296 g/mol. The summed E-state index contributed by atoms with van der Waals surface area (Å²) in [6.07, 6.45) is 4.05. The first-order valence-electron chi connectivity index (χ1n) is 7.13. The van der Waals surface area contributed by atoms with Crippen LogP contribution in [0, 0.1) is 0 Å².